The van der Waals surface area contributed by atoms with Crippen molar-refractivity contribution in [2.24, 2.45) is 0 Å². The lowest BCUT2D eigenvalue weighted by Crippen LogP contribution is -2.27. The number of hydrogen-bond acceptors (Lipinski definition) is 3. The maximum atomic E-state index is 13.4. The van der Waals surface area contributed by atoms with Crippen molar-refractivity contribution in [3.8, 4) is 6.07 Å². The molecule has 0 saturated heterocycles. The first-order valence-electron chi connectivity index (χ1n) is 4.29. The molecule has 17 heavy (non-hydrogen) atoms. The fraction of sp³-hybridized carbons (Fsp3) is 0.222. The van der Waals surface area contributed by atoms with E-state index in [2.05, 4.69) is 0 Å². The van der Waals surface area contributed by atoms with Crippen molar-refractivity contribution in [2.45, 2.75) is 4.90 Å². The molecule has 0 aliphatic carbocycles. The Morgan fingerprint density at radius 1 is 1.47 bits per heavy atom. The van der Waals surface area contributed by atoms with E-state index < -0.39 is 25.8 Å². The van der Waals surface area contributed by atoms with Crippen LogP contribution in [0.4, 0.5) is 4.39 Å². The van der Waals surface area contributed by atoms with Crippen LogP contribution in [0, 0.1) is 17.1 Å². The molecule has 0 unspecified atom stereocenters. The summed E-state index contributed by atoms with van der Waals surface area (Å²) >= 11 is 11.0. The van der Waals surface area contributed by atoms with Crippen molar-refractivity contribution in [1.82, 2.24) is 4.31 Å². The van der Waals surface area contributed by atoms with Gasteiger partial charge in [0.2, 0.25) is 10.0 Å². The lowest BCUT2D eigenvalue weighted by Gasteiger charge is -2.15. The molecule has 0 bridgehead atoms. The number of rotatable bonds is 3. The molecule has 8 heteroatoms. The van der Waals surface area contributed by atoms with Crippen LogP contribution in [-0.2, 0) is 10.0 Å². The van der Waals surface area contributed by atoms with Crippen LogP contribution in [0.25, 0.3) is 0 Å². The third kappa shape index (κ3) is 2.69. The molecule has 0 aliphatic heterocycles. The van der Waals surface area contributed by atoms with Crippen LogP contribution in [0.2, 0.25) is 10.0 Å². The minimum atomic E-state index is -3.99. The molecule has 4 nitrogen and oxygen atoms in total. The molecule has 0 radical (unpaired) electrons. The Morgan fingerprint density at radius 2 is 2.06 bits per heavy atom. The Labute approximate surface area is 108 Å². The predicted molar refractivity (Wildman–Crippen MR) is 61.8 cm³/mol. The monoisotopic (exact) mass is 296 g/mol. The predicted octanol–water partition coefficient (Wildman–Crippen LogP) is 2.28. The van der Waals surface area contributed by atoms with Gasteiger partial charge in [0, 0.05) is 7.05 Å². The maximum Gasteiger partial charge on any atom is 0.245 e. The van der Waals surface area contributed by atoms with E-state index in [0.29, 0.717) is 0 Å². The standard InChI is InChI=1S/C9H7Cl2FN2O2S/c1-14(5-4-13)17(15,16)7-3-2-6(10)9(12)8(7)11/h2-3H,5H2,1H3. The van der Waals surface area contributed by atoms with Crippen LogP contribution in [0.15, 0.2) is 17.0 Å². The molecule has 0 heterocycles. The van der Waals surface area contributed by atoms with Crippen LogP contribution in [0.5, 0.6) is 0 Å². The highest BCUT2D eigenvalue weighted by molar-refractivity contribution is 7.89. The maximum absolute atomic E-state index is 13.4. The van der Waals surface area contributed by atoms with Gasteiger partial charge in [-0.2, -0.15) is 9.57 Å². The average molecular weight is 297 g/mol. The topological polar surface area (TPSA) is 61.2 Å². The Morgan fingerprint density at radius 3 is 2.59 bits per heavy atom. The number of halogens is 3. The van der Waals surface area contributed by atoms with Gasteiger partial charge in [-0.15, -0.1) is 0 Å². The highest BCUT2D eigenvalue weighted by Gasteiger charge is 2.25. The van der Waals surface area contributed by atoms with Crippen molar-refractivity contribution in [3.63, 3.8) is 0 Å². The molecule has 1 rings (SSSR count). The van der Waals surface area contributed by atoms with Crippen LogP contribution in [-0.4, -0.2) is 26.3 Å². The van der Waals surface area contributed by atoms with Gasteiger partial charge in [0.05, 0.1) is 16.1 Å². The van der Waals surface area contributed by atoms with Gasteiger partial charge >= 0.3 is 0 Å². The normalized spacial score (nSPS) is 11.5. The van der Waals surface area contributed by atoms with Gasteiger partial charge in [-0.3, -0.25) is 0 Å². The summed E-state index contributed by atoms with van der Waals surface area (Å²) in [6.07, 6.45) is 0. The molecule has 1 aromatic carbocycles. The summed E-state index contributed by atoms with van der Waals surface area (Å²) < 4.78 is 37.9. The first kappa shape index (κ1) is 14.2. The first-order valence-corrected chi connectivity index (χ1v) is 6.48. The van der Waals surface area contributed by atoms with Gasteiger partial charge in [-0.25, -0.2) is 12.8 Å². The van der Waals surface area contributed by atoms with Crippen molar-refractivity contribution < 1.29 is 12.8 Å². The Balaban J connectivity index is 3.36. The second-order valence-corrected chi connectivity index (χ2v) is 5.89. The van der Waals surface area contributed by atoms with E-state index in [1.54, 1.807) is 6.07 Å². The van der Waals surface area contributed by atoms with E-state index in [1.807, 2.05) is 0 Å². The Bertz CT molecular complexity index is 583. The second kappa shape index (κ2) is 5.19. The van der Waals surface area contributed by atoms with Crippen LogP contribution < -0.4 is 0 Å². The smallest absolute Gasteiger partial charge is 0.207 e. The highest BCUT2D eigenvalue weighted by atomic mass is 35.5. The van der Waals surface area contributed by atoms with Gasteiger partial charge < -0.3 is 0 Å². The SMILES string of the molecule is CN(CC#N)S(=O)(=O)c1ccc(Cl)c(F)c1Cl. The minimum Gasteiger partial charge on any atom is -0.207 e. The van der Waals surface area contributed by atoms with E-state index in [0.717, 1.165) is 16.4 Å². The van der Waals surface area contributed by atoms with Crippen LogP contribution >= 0.6 is 23.2 Å². The van der Waals surface area contributed by atoms with Gasteiger partial charge in [0.1, 0.15) is 11.4 Å². The number of sulfonamides is 1. The molecular weight excluding hydrogens is 290 g/mol. The molecular formula is C9H7Cl2FN2O2S. The van der Waals surface area contributed by atoms with Crippen LogP contribution in [0.1, 0.15) is 0 Å². The van der Waals surface area contributed by atoms with Gasteiger partial charge in [-0.1, -0.05) is 23.2 Å². The van der Waals surface area contributed by atoms with Crippen LogP contribution in [0.3, 0.4) is 0 Å². The van der Waals surface area contributed by atoms with Crippen molar-refractivity contribution >= 4 is 33.2 Å². The Hall–Kier alpha value is -0.870. The van der Waals surface area contributed by atoms with E-state index in [9.17, 15) is 12.8 Å². The van der Waals surface area contributed by atoms with Gasteiger partial charge in [-0.05, 0) is 12.1 Å². The molecule has 0 N–H and O–H groups in total. The quantitative estimate of drug-likeness (QED) is 0.635. The minimum absolute atomic E-state index is 0.267. The third-order valence-electron chi connectivity index (χ3n) is 1.98. The van der Waals surface area contributed by atoms with Crippen molar-refractivity contribution in [1.29, 1.82) is 5.26 Å². The fourth-order valence-electron chi connectivity index (χ4n) is 1.06. The average Bonchev–Trinajstić information content (AvgIpc) is 2.26. The molecule has 0 amide bonds. The summed E-state index contributed by atoms with van der Waals surface area (Å²) in [4.78, 5) is -0.418. The molecule has 1 aromatic rings. The summed E-state index contributed by atoms with van der Waals surface area (Å²) in [7, 11) is -2.79. The lowest BCUT2D eigenvalue weighted by atomic mass is 10.3. The number of nitriles is 1. The molecule has 0 atom stereocenters. The summed E-state index contributed by atoms with van der Waals surface area (Å²) in [6, 6.07) is 3.86. The number of benzene rings is 1. The fourth-order valence-corrected chi connectivity index (χ4v) is 2.84. The largest absolute Gasteiger partial charge is 0.245 e. The highest BCUT2D eigenvalue weighted by Crippen LogP contribution is 2.30. The molecule has 0 fully saturated rings. The zero-order chi connectivity index (χ0) is 13.2. The van der Waals surface area contributed by atoms with Gasteiger partial charge in [0.15, 0.2) is 5.82 Å². The number of hydrogen-bond donors (Lipinski definition) is 0. The molecule has 0 saturated carbocycles. The van der Waals surface area contributed by atoms with E-state index in [4.69, 9.17) is 28.5 Å². The molecule has 0 aliphatic rings. The molecule has 0 aromatic heterocycles. The Kier molecular flexibility index (Phi) is 4.33. The zero-order valence-corrected chi connectivity index (χ0v) is 10.9. The van der Waals surface area contributed by atoms with E-state index in [-0.39, 0.29) is 11.6 Å². The second-order valence-electron chi connectivity index (χ2n) is 3.09. The number of nitrogens with zero attached hydrogens (tertiary/aromatic N) is 2. The third-order valence-corrected chi connectivity index (χ3v) is 4.60. The summed E-state index contributed by atoms with van der Waals surface area (Å²) in [5.74, 6) is -1.00. The molecule has 92 valence electrons. The van der Waals surface area contributed by atoms with Crippen molar-refractivity contribution in [2.75, 3.05) is 13.6 Å². The van der Waals surface area contributed by atoms with Crippen molar-refractivity contribution in [3.05, 3.63) is 28.0 Å². The van der Waals surface area contributed by atoms with E-state index >= 15 is 0 Å². The summed E-state index contributed by atoms with van der Waals surface area (Å²) in [6.45, 7) is -0.358. The summed E-state index contributed by atoms with van der Waals surface area (Å²) in [5, 5.41) is 7.58. The summed E-state index contributed by atoms with van der Waals surface area (Å²) in [5.41, 5.74) is 0. The van der Waals surface area contributed by atoms with Gasteiger partial charge in [0.25, 0.3) is 0 Å². The zero-order valence-electron chi connectivity index (χ0n) is 8.61. The first-order chi connectivity index (χ1) is 7.82. The molecule has 0 spiro atoms. The lowest BCUT2D eigenvalue weighted by molar-refractivity contribution is 0.500. The van der Waals surface area contributed by atoms with E-state index in [1.165, 1.54) is 7.05 Å².